The fourth-order valence-corrected chi connectivity index (χ4v) is 4.80. The third-order valence-electron chi connectivity index (χ3n) is 6.97. The summed E-state index contributed by atoms with van der Waals surface area (Å²) < 4.78 is 24.6. The number of rotatable bonds is 8. The van der Waals surface area contributed by atoms with Crippen LogP contribution in [0, 0.1) is 11.2 Å². The molecule has 2 saturated heterocycles. The zero-order valence-corrected chi connectivity index (χ0v) is 20.6. The number of likely N-dealkylation sites (tertiary alicyclic amines) is 1. The fraction of sp³-hybridized carbons (Fsp3) is 0.481. The van der Waals surface area contributed by atoms with Crippen LogP contribution in [0.25, 0.3) is 0 Å². The number of hydrogen-bond acceptors (Lipinski definition) is 4. The minimum atomic E-state index is -0.344. The van der Waals surface area contributed by atoms with Crippen LogP contribution in [0.1, 0.15) is 31.2 Å². The van der Waals surface area contributed by atoms with Crippen LogP contribution in [-0.4, -0.2) is 67.6 Å². The Hall–Kier alpha value is -2.64. The summed E-state index contributed by atoms with van der Waals surface area (Å²) in [5, 5.41) is 0.641. The molecule has 2 fully saturated rings. The number of ether oxygens (including phenoxy) is 2. The van der Waals surface area contributed by atoms with Crippen LogP contribution in [0.5, 0.6) is 5.75 Å². The molecule has 0 radical (unpaired) electrons. The number of aryl methyl sites for hydroxylation is 1. The van der Waals surface area contributed by atoms with Crippen LogP contribution in [0.2, 0.25) is 5.02 Å². The van der Waals surface area contributed by atoms with Gasteiger partial charge in [-0.25, -0.2) is 4.39 Å². The molecule has 2 aliphatic rings. The molecule has 0 aliphatic carbocycles. The van der Waals surface area contributed by atoms with E-state index >= 15 is 0 Å². The molecule has 0 bridgehead atoms. The predicted octanol–water partition coefficient (Wildman–Crippen LogP) is 4.35. The smallest absolute Gasteiger partial charge is 0.223 e. The molecule has 4 rings (SSSR count). The van der Waals surface area contributed by atoms with E-state index in [0.717, 1.165) is 5.56 Å². The van der Waals surface area contributed by atoms with Crippen LogP contribution in [-0.2, 0) is 20.7 Å². The van der Waals surface area contributed by atoms with E-state index in [1.165, 1.54) is 12.1 Å². The van der Waals surface area contributed by atoms with E-state index in [4.69, 9.17) is 21.1 Å². The average Bonchev–Trinajstić information content (AvgIpc) is 2.89. The number of morpholine rings is 1. The lowest BCUT2D eigenvalue weighted by Crippen LogP contribution is -2.49. The van der Waals surface area contributed by atoms with Gasteiger partial charge in [0.25, 0.3) is 0 Å². The Morgan fingerprint density at radius 2 is 1.54 bits per heavy atom. The highest BCUT2D eigenvalue weighted by Gasteiger charge is 2.39. The monoisotopic (exact) mass is 502 g/mol. The summed E-state index contributed by atoms with van der Waals surface area (Å²) in [4.78, 5) is 29.7. The van der Waals surface area contributed by atoms with Crippen molar-refractivity contribution in [1.29, 1.82) is 0 Å². The topological polar surface area (TPSA) is 59.1 Å². The Labute approximate surface area is 210 Å². The van der Waals surface area contributed by atoms with E-state index in [9.17, 15) is 14.0 Å². The van der Waals surface area contributed by atoms with Crippen LogP contribution < -0.4 is 4.74 Å². The number of hydrogen-bond donors (Lipinski definition) is 0. The second-order valence-electron chi connectivity index (χ2n) is 9.42. The van der Waals surface area contributed by atoms with E-state index in [1.807, 2.05) is 21.9 Å². The molecule has 0 N–H and O–H groups in total. The molecule has 8 heteroatoms. The second kappa shape index (κ2) is 11.9. The Balaban J connectivity index is 1.36. The summed E-state index contributed by atoms with van der Waals surface area (Å²) in [6.07, 6.45) is 2.73. The van der Waals surface area contributed by atoms with Crippen molar-refractivity contribution in [2.24, 2.45) is 5.41 Å². The number of halogens is 2. The number of carbonyl (C=O) groups is 2. The lowest BCUT2D eigenvalue weighted by Gasteiger charge is -2.42. The zero-order valence-electron chi connectivity index (χ0n) is 19.9. The number of amides is 2. The maximum absolute atomic E-state index is 13.1. The quantitative estimate of drug-likeness (QED) is 0.538. The average molecular weight is 503 g/mol. The molecule has 35 heavy (non-hydrogen) atoms. The van der Waals surface area contributed by atoms with Crippen molar-refractivity contribution in [1.82, 2.24) is 9.80 Å². The molecule has 0 saturated carbocycles. The Morgan fingerprint density at radius 3 is 2.20 bits per heavy atom. The van der Waals surface area contributed by atoms with Crippen molar-refractivity contribution in [2.45, 2.75) is 32.1 Å². The van der Waals surface area contributed by atoms with Gasteiger partial charge in [-0.1, -0.05) is 23.7 Å². The Kier molecular flexibility index (Phi) is 8.63. The molecule has 0 atom stereocenters. The van der Waals surface area contributed by atoms with E-state index in [2.05, 4.69) is 0 Å². The van der Waals surface area contributed by atoms with Crippen LogP contribution in [0.3, 0.4) is 0 Å². The van der Waals surface area contributed by atoms with Gasteiger partial charge in [0.2, 0.25) is 11.8 Å². The van der Waals surface area contributed by atoms with Gasteiger partial charge in [0.15, 0.2) is 0 Å². The third kappa shape index (κ3) is 7.18. The molecular formula is C27H32ClFN2O4. The molecular weight excluding hydrogens is 471 g/mol. The maximum atomic E-state index is 13.1. The van der Waals surface area contributed by atoms with Crippen molar-refractivity contribution in [3.05, 3.63) is 64.9 Å². The molecule has 2 aromatic rings. The summed E-state index contributed by atoms with van der Waals surface area (Å²) in [6, 6.07) is 13.5. The molecule has 188 valence electrons. The van der Waals surface area contributed by atoms with Gasteiger partial charge in [-0.3, -0.25) is 9.59 Å². The lowest BCUT2D eigenvalue weighted by atomic mass is 9.75. The van der Waals surface area contributed by atoms with Gasteiger partial charge < -0.3 is 19.3 Å². The van der Waals surface area contributed by atoms with Gasteiger partial charge >= 0.3 is 0 Å². The fourth-order valence-electron chi connectivity index (χ4n) is 4.68. The second-order valence-corrected chi connectivity index (χ2v) is 9.86. The summed E-state index contributed by atoms with van der Waals surface area (Å²) in [6.45, 7) is 3.93. The minimum Gasteiger partial charge on any atom is -0.493 e. The molecule has 2 aromatic carbocycles. The van der Waals surface area contributed by atoms with Gasteiger partial charge in [0.1, 0.15) is 11.6 Å². The number of benzene rings is 2. The summed E-state index contributed by atoms with van der Waals surface area (Å²) in [7, 11) is 0. The molecule has 6 nitrogen and oxygen atoms in total. The SMILES string of the molecule is O=C(CCc1ccc(F)cc1)N1CCC(COc2ccc(Cl)cc2)(CC(=O)N2CCOCC2)CC1. The Bertz CT molecular complexity index is 985. The van der Waals surface area contributed by atoms with E-state index < -0.39 is 0 Å². The van der Waals surface area contributed by atoms with Crippen molar-refractivity contribution >= 4 is 23.4 Å². The van der Waals surface area contributed by atoms with Gasteiger partial charge in [0.05, 0.1) is 19.8 Å². The number of nitrogens with zero attached hydrogens (tertiary/aromatic N) is 2. The molecule has 0 aromatic heterocycles. The van der Waals surface area contributed by atoms with Crippen molar-refractivity contribution in [3.8, 4) is 5.75 Å². The highest BCUT2D eigenvalue weighted by atomic mass is 35.5. The van der Waals surface area contributed by atoms with Crippen LogP contribution >= 0.6 is 11.6 Å². The molecule has 2 aliphatic heterocycles. The molecule has 2 heterocycles. The normalized spacial score (nSPS) is 17.8. The summed E-state index contributed by atoms with van der Waals surface area (Å²) >= 11 is 5.99. The number of carbonyl (C=O) groups excluding carboxylic acids is 2. The van der Waals surface area contributed by atoms with E-state index in [-0.39, 0.29) is 23.0 Å². The van der Waals surface area contributed by atoms with Gasteiger partial charge in [-0.2, -0.15) is 0 Å². The number of piperidine rings is 1. The first-order valence-corrected chi connectivity index (χ1v) is 12.6. The highest BCUT2D eigenvalue weighted by molar-refractivity contribution is 6.30. The third-order valence-corrected chi connectivity index (χ3v) is 7.22. The van der Waals surface area contributed by atoms with Gasteiger partial charge in [-0.05, 0) is 61.2 Å². The van der Waals surface area contributed by atoms with Crippen molar-refractivity contribution in [2.75, 3.05) is 46.0 Å². The lowest BCUT2D eigenvalue weighted by molar-refractivity contribution is -0.141. The molecule has 2 amide bonds. The van der Waals surface area contributed by atoms with Gasteiger partial charge in [0, 0.05) is 49.5 Å². The van der Waals surface area contributed by atoms with Crippen molar-refractivity contribution < 1.29 is 23.5 Å². The standard InChI is InChI=1S/C27H32ClFN2O4/c28-22-4-8-24(9-5-22)35-20-27(19-26(33)31-15-17-34-18-16-31)11-13-30(14-12-27)25(32)10-3-21-1-6-23(29)7-2-21/h1-2,4-9H,3,10-20H2. The minimum absolute atomic E-state index is 0.0843. The summed E-state index contributed by atoms with van der Waals surface area (Å²) in [5.41, 5.74) is 0.599. The van der Waals surface area contributed by atoms with Crippen LogP contribution in [0.4, 0.5) is 4.39 Å². The molecule has 0 spiro atoms. The van der Waals surface area contributed by atoms with Gasteiger partial charge in [-0.15, -0.1) is 0 Å². The first kappa shape index (κ1) is 25.5. The first-order chi connectivity index (χ1) is 16.9. The highest BCUT2D eigenvalue weighted by Crippen LogP contribution is 2.37. The zero-order chi connectivity index (χ0) is 24.7. The van der Waals surface area contributed by atoms with E-state index in [0.29, 0.717) is 88.9 Å². The van der Waals surface area contributed by atoms with Crippen molar-refractivity contribution in [3.63, 3.8) is 0 Å². The predicted molar refractivity (Wildman–Crippen MR) is 132 cm³/mol. The van der Waals surface area contributed by atoms with Crippen LogP contribution in [0.15, 0.2) is 48.5 Å². The Morgan fingerprint density at radius 1 is 0.914 bits per heavy atom. The maximum Gasteiger partial charge on any atom is 0.223 e. The van der Waals surface area contributed by atoms with E-state index in [1.54, 1.807) is 24.3 Å². The largest absolute Gasteiger partial charge is 0.493 e. The molecule has 0 unspecified atom stereocenters. The summed E-state index contributed by atoms with van der Waals surface area (Å²) in [5.74, 6) is 0.635. The first-order valence-electron chi connectivity index (χ1n) is 12.2.